The number of benzene rings is 1. The van der Waals surface area contributed by atoms with E-state index in [2.05, 4.69) is 5.32 Å². The minimum absolute atomic E-state index is 0.0180. The normalized spacial score (nSPS) is 21.5. The van der Waals surface area contributed by atoms with E-state index >= 15 is 0 Å². The Hall–Kier alpha value is -2.02. The molecule has 1 fully saturated rings. The second-order valence-electron chi connectivity index (χ2n) is 6.97. The first-order valence-electron chi connectivity index (χ1n) is 8.51. The van der Waals surface area contributed by atoms with Crippen LogP contribution in [0, 0.1) is 23.5 Å². The standard InChI is InChI=1S/C18H25F2N3O2/c1-10(2)16(18(25)23-9-12(8-21)7-11(23)3)22-17(24)15-13(19)5-4-6-14(15)20/h4-6,10-12,16H,7-9,21H2,1-3H3,(H,22,24). The van der Waals surface area contributed by atoms with E-state index in [0.717, 1.165) is 18.6 Å². The minimum Gasteiger partial charge on any atom is -0.340 e. The molecular weight excluding hydrogens is 328 g/mol. The SMILES string of the molecule is CC(C)C(NC(=O)c1c(F)cccc1F)C(=O)N1CC(CN)CC1C. The Morgan fingerprint density at radius 3 is 2.40 bits per heavy atom. The molecule has 25 heavy (non-hydrogen) atoms. The Morgan fingerprint density at radius 1 is 1.32 bits per heavy atom. The highest BCUT2D eigenvalue weighted by Gasteiger charge is 2.37. The van der Waals surface area contributed by atoms with Gasteiger partial charge in [-0.1, -0.05) is 19.9 Å². The van der Waals surface area contributed by atoms with Gasteiger partial charge in [-0.15, -0.1) is 0 Å². The fourth-order valence-corrected chi connectivity index (χ4v) is 3.24. The molecule has 0 bridgehead atoms. The molecule has 2 rings (SSSR count). The molecule has 138 valence electrons. The zero-order valence-corrected chi connectivity index (χ0v) is 14.8. The zero-order chi connectivity index (χ0) is 18.7. The van der Waals surface area contributed by atoms with Crippen molar-refractivity contribution in [3.05, 3.63) is 35.4 Å². The third-order valence-corrected chi connectivity index (χ3v) is 4.69. The Morgan fingerprint density at radius 2 is 1.92 bits per heavy atom. The number of likely N-dealkylation sites (tertiary alicyclic amines) is 1. The van der Waals surface area contributed by atoms with Crippen molar-refractivity contribution in [1.29, 1.82) is 0 Å². The number of carbonyl (C=O) groups excluding carboxylic acids is 2. The van der Waals surface area contributed by atoms with Gasteiger partial charge in [0.1, 0.15) is 23.2 Å². The monoisotopic (exact) mass is 353 g/mol. The van der Waals surface area contributed by atoms with Gasteiger partial charge in [0.2, 0.25) is 5.91 Å². The van der Waals surface area contributed by atoms with E-state index in [9.17, 15) is 18.4 Å². The molecule has 1 aromatic rings. The summed E-state index contributed by atoms with van der Waals surface area (Å²) in [5, 5.41) is 2.50. The Kier molecular flexibility index (Phi) is 6.11. The summed E-state index contributed by atoms with van der Waals surface area (Å²) in [7, 11) is 0. The third kappa shape index (κ3) is 4.15. The van der Waals surface area contributed by atoms with Gasteiger partial charge in [0.25, 0.3) is 5.91 Å². The van der Waals surface area contributed by atoms with Gasteiger partial charge in [-0.25, -0.2) is 8.78 Å². The van der Waals surface area contributed by atoms with Crippen LogP contribution in [-0.2, 0) is 4.79 Å². The van der Waals surface area contributed by atoms with E-state index in [1.807, 2.05) is 6.92 Å². The maximum atomic E-state index is 13.8. The summed E-state index contributed by atoms with van der Waals surface area (Å²) < 4.78 is 27.6. The van der Waals surface area contributed by atoms with Crippen molar-refractivity contribution in [2.45, 2.75) is 39.3 Å². The predicted molar refractivity (Wildman–Crippen MR) is 90.8 cm³/mol. The molecule has 0 radical (unpaired) electrons. The lowest BCUT2D eigenvalue weighted by molar-refractivity contribution is -0.135. The lowest BCUT2D eigenvalue weighted by Crippen LogP contribution is -2.52. The largest absolute Gasteiger partial charge is 0.340 e. The van der Waals surface area contributed by atoms with Crippen molar-refractivity contribution < 1.29 is 18.4 Å². The van der Waals surface area contributed by atoms with Crippen LogP contribution in [0.2, 0.25) is 0 Å². The number of carbonyl (C=O) groups is 2. The van der Waals surface area contributed by atoms with Gasteiger partial charge in [0, 0.05) is 12.6 Å². The lowest BCUT2D eigenvalue weighted by Gasteiger charge is -2.29. The minimum atomic E-state index is -0.954. The van der Waals surface area contributed by atoms with Gasteiger partial charge < -0.3 is 16.0 Å². The topological polar surface area (TPSA) is 75.4 Å². The first kappa shape index (κ1) is 19.3. The molecule has 0 aliphatic carbocycles. The van der Waals surface area contributed by atoms with Crippen LogP contribution in [0.25, 0.3) is 0 Å². The molecule has 1 saturated heterocycles. The maximum Gasteiger partial charge on any atom is 0.257 e. The van der Waals surface area contributed by atoms with Crippen molar-refractivity contribution >= 4 is 11.8 Å². The Balaban J connectivity index is 2.18. The highest BCUT2D eigenvalue weighted by Crippen LogP contribution is 2.24. The number of halogens is 2. The number of nitrogens with zero attached hydrogens (tertiary/aromatic N) is 1. The zero-order valence-electron chi connectivity index (χ0n) is 14.8. The Labute approximate surface area is 146 Å². The van der Waals surface area contributed by atoms with Crippen LogP contribution in [0.15, 0.2) is 18.2 Å². The average molecular weight is 353 g/mol. The summed E-state index contributed by atoms with van der Waals surface area (Å²) in [5.41, 5.74) is 5.02. The second-order valence-corrected chi connectivity index (χ2v) is 6.97. The highest BCUT2D eigenvalue weighted by atomic mass is 19.1. The van der Waals surface area contributed by atoms with Crippen molar-refractivity contribution in [3.8, 4) is 0 Å². The van der Waals surface area contributed by atoms with Gasteiger partial charge in [-0.05, 0) is 43.9 Å². The summed E-state index contributed by atoms with van der Waals surface area (Å²) in [4.78, 5) is 26.9. The van der Waals surface area contributed by atoms with E-state index < -0.39 is 29.1 Å². The van der Waals surface area contributed by atoms with E-state index in [1.54, 1.807) is 18.7 Å². The molecule has 1 aliphatic heterocycles. The molecule has 0 spiro atoms. The number of hydrogen-bond acceptors (Lipinski definition) is 3. The molecule has 1 aromatic carbocycles. The first-order chi connectivity index (χ1) is 11.8. The van der Waals surface area contributed by atoms with Crippen molar-refractivity contribution in [2.75, 3.05) is 13.1 Å². The maximum absolute atomic E-state index is 13.8. The number of hydrogen-bond donors (Lipinski definition) is 2. The van der Waals surface area contributed by atoms with Crippen LogP contribution in [0.3, 0.4) is 0 Å². The molecule has 3 unspecified atom stereocenters. The average Bonchev–Trinajstić information content (AvgIpc) is 2.92. The number of nitrogens with two attached hydrogens (primary N) is 1. The van der Waals surface area contributed by atoms with E-state index in [1.165, 1.54) is 6.07 Å². The van der Waals surface area contributed by atoms with Gasteiger partial charge in [-0.3, -0.25) is 9.59 Å². The molecular formula is C18H25F2N3O2. The van der Waals surface area contributed by atoms with Gasteiger partial charge in [-0.2, -0.15) is 0 Å². The summed E-state index contributed by atoms with van der Waals surface area (Å²) in [6, 6.07) is 2.37. The van der Waals surface area contributed by atoms with Crippen LogP contribution in [-0.4, -0.2) is 41.9 Å². The predicted octanol–water partition coefficient (Wildman–Crippen LogP) is 1.91. The molecule has 1 aliphatic rings. The summed E-state index contributed by atoms with van der Waals surface area (Å²) in [6.07, 6.45) is 0.808. The van der Waals surface area contributed by atoms with Crippen molar-refractivity contribution in [2.24, 2.45) is 17.6 Å². The van der Waals surface area contributed by atoms with Crippen LogP contribution in [0.5, 0.6) is 0 Å². The summed E-state index contributed by atoms with van der Waals surface area (Å²) in [6.45, 7) is 6.52. The van der Waals surface area contributed by atoms with Gasteiger partial charge in [0.15, 0.2) is 0 Å². The van der Waals surface area contributed by atoms with Crippen LogP contribution in [0.4, 0.5) is 8.78 Å². The molecule has 1 heterocycles. The molecule has 7 heteroatoms. The van der Waals surface area contributed by atoms with Crippen LogP contribution in [0.1, 0.15) is 37.6 Å². The van der Waals surface area contributed by atoms with Gasteiger partial charge in [0.05, 0.1) is 0 Å². The lowest BCUT2D eigenvalue weighted by atomic mass is 10.0. The van der Waals surface area contributed by atoms with E-state index in [4.69, 9.17) is 5.73 Å². The van der Waals surface area contributed by atoms with E-state index in [-0.39, 0.29) is 23.8 Å². The van der Waals surface area contributed by atoms with Crippen LogP contribution >= 0.6 is 0 Å². The first-order valence-corrected chi connectivity index (χ1v) is 8.51. The van der Waals surface area contributed by atoms with Crippen molar-refractivity contribution in [3.63, 3.8) is 0 Å². The number of amides is 2. The van der Waals surface area contributed by atoms with Crippen LogP contribution < -0.4 is 11.1 Å². The molecule has 0 saturated carbocycles. The quantitative estimate of drug-likeness (QED) is 0.849. The third-order valence-electron chi connectivity index (χ3n) is 4.69. The van der Waals surface area contributed by atoms with E-state index in [0.29, 0.717) is 13.1 Å². The number of rotatable bonds is 5. The Bertz CT molecular complexity index is 631. The molecule has 2 amide bonds. The summed E-state index contributed by atoms with van der Waals surface area (Å²) in [5.74, 6) is -3.08. The smallest absolute Gasteiger partial charge is 0.257 e. The van der Waals surface area contributed by atoms with Crippen molar-refractivity contribution in [1.82, 2.24) is 10.2 Å². The summed E-state index contributed by atoms with van der Waals surface area (Å²) >= 11 is 0. The fraction of sp³-hybridized carbons (Fsp3) is 0.556. The molecule has 5 nitrogen and oxygen atoms in total. The highest BCUT2D eigenvalue weighted by molar-refractivity contribution is 5.98. The second kappa shape index (κ2) is 7.91. The fourth-order valence-electron chi connectivity index (χ4n) is 3.24. The van der Waals surface area contributed by atoms with Gasteiger partial charge >= 0.3 is 0 Å². The molecule has 3 atom stereocenters. The number of nitrogens with one attached hydrogen (secondary N) is 1. The molecule has 0 aromatic heterocycles. The molecule has 3 N–H and O–H groups in total.